The number of nitrogens with zero attached hydrogens (tertiary/aromatic N) is 1. The van der Waals surface area contributed by atoms with E-state index >= 15 is 0 Å². The Labute approximate surface area is 139 Å². The van der Waals surface area contributed by atoms with Crippen LogP contribution in [0.3, 0.4) is 0 Å². The van der Waals surface area contributed by atoms with E-state index < -0.39 is 12.7 Å². The fraction of sp³-hybridized carbons (Fsp3) is 0.625. The molecule has 2 rings (SSSR count). The third-order valence-corrected chi connectivity index (χ3v) is 4.85. The van der Waals surface area contributed by atoms with Gasteiger partial charge in [-0.1, -0.05) is 6.07 Å². The summed E-state index contributed by atoms with van der Waals surface area (Å²) in [7, 11) is 1.64. The average molecular weight is 348 g/mol. The van der Waals surface area contributed by atoms with Crippen molar-refractivity contribution in [3.8, 4) is 5.75 Å². The Bertz CT molecular complexity index is 525. The fourth-order valence-electron chi connectivity index (χ4n) is 2.94. The fourth-order valence-corrected chi connectivity index (χ4v) is 3.49. The molecule has 23 heavy (non-hydrogen) atoms. The minimum Gasteiger partial charge on any atom is -0.496 e. The van der Waals surface area contributed by atoms with Crippen LogP contribution in [-0.2, 0) is 0 Å². The number of ether oxygens (including phenoxy) is 1. The van der Waals surface area contributed by atoms with Crippen molar-refractivity contribution in [3.63, 3.8) is 0 Å². The molecule has 1 aromatic carbocycles. The van der Waals surface area contributed by atoms with Gasteiger partial charge in [0.2, 0.25) is 0 Å². The van der Waals surface area contributed by atoms with Gasteiger partial charge in [-0.15, -0.1) is 11.8 Å². The molecule has 1 aromatic rings. The molecule has 0 aliphatic carbocycles. The number of thioether (sulfide) groups is 1. The highest BCUT2D eigenvalue weighted by Crippen LogP contribution is 2.30. The Hall–Kier alpha value is -0.920. The molecule has 3 nitrogen and oxygen atoms in total. The molecule has 0 bridgehead atoms. The number of hydrogen-bond acceptors (Lipinski definition) is 4. The summed E-state index contributed by atoms with van der Waals surface area (Å²) in [6.07, 6.45) is -1.39. The Morgan fingerprint density at radius 3 is 2.78 bits per heavy atom. The number of rotatable bonds is 6. The summed E-state index contributed by atoms with van der Waals surface area (Å²) in [5.41, 5.74) is 1.08. The molecule has 0 spiro atoms. The van der Waals surface area contributed by atoms with Crippen LogP contribution in [0.4, 0.5) is 13.2 Å². The highest BCUT2D eigenvalue weighted by Gasteiger charge is 2.34. The van der Waals surface area contributed by atoms with Gasteiger partial charge in [0.1, 0.15) is 5.75 Å². The first-order valence-electron chi connectivity index (χ1n) is 7.59. The van der Waals surface area contributed by atoms with E-state index in [1.807, 2.05) is 31.4 Å². The Balaban J connectivity index is 1.93. The Kier molecular flexibility index (Phi) is 6.22. The Morgan fingerprint density at radius 2 is 2.17 bits per heavy atom. The smallest absolute Gasteiger partial charge is 0.401 e. The highest BCUT2D eigenvalue weighted by molar-refractivity contribution is 7.98. The number of hydrogen-bond donors (Lipinski definition) is 1. The summed E-state index contributed by atoms with van der Waals surface area (Å²) in [4.78, 5) is 2.53. The predicted octanol–water partition coefficient (Wildman–Crippen LogP) is 3.70. The van der Waals surface area contributed by atoms with Crippen molar-refractivity contribution in [1.82, 2.24) is 10.2 Å². The van der Waals surface area contributed by atoms with Gasteiger partial charge in [-0.25, -0.2) is 0 Å². The van der Waals surface area contributed by atoms with Gasteiger partial charge in [-0.05, 0) is 37.3 Å². The number of likely N-dealkylation sites (tertiary alicyclic amines) is 1. The maximum atomic E-state index is 12.4. The monoisotopic (exact) mass is 348 g/mol. The van der Waals surface area contributed by atoms with Gasteiger partial charge in [0.15, 0.2) is 0 Å². The number of alkyl halides is 3. The van der Waals surface area contributed by atoms with E-state index in [1.54, 1.807) is 18.9 Å². The lowest BCUT2D eigenvalue weighted by molar-refractivity contribution is -0.143. The molecule has 0 unspecified atom stereocenters. The van der Waals surface area contributed by atoms with Crippen LogP contribution in [0.2, 0.25) is 0 Å². The van der Waals surface area contributed by atoms with Crippen molar-refractivity contribution in [2.45, 2.75) is 36.5 Å². The molecule has 130 valence electrons. The molecule has 0 aromatic heterocycles. The van der Waals surface area contributed by atoms with Crippen LogP contribution in [0.1, 0.15) is 24.9 Å². The number of nitrogens with one attached hydrogen (secondary N) is 1. The lowest BCUT2D eigenvalue weighted by atomic mass is 10.1. The topological polar surface area (TPSA) is 24.5 Å². The van der Waals surface area contributed by atoms with Crippen molar-refractivity contribution in [1.29, 1.82) is 0 Å². The van der Waals surface area contributed by atoms with E-state index in [4.69, 9.17) is 4.74 Å². The largest absolute Gasteiger partial charge is 0.496 e. The molecule has 2 atom stereocenters. The summed E-state index contributed by atoms with van der Waals surface area (Å²) in [6.45, 7) is 2.12. The van der Waals surface area contributed by atoms with E-state index in [2.05, 4.69) is 5.32 Å². The summed E-state index contributed by atoms with van der Waals surface area (Å²) in [5.74, 6) is 0.828. The van der Waals surface area contributed by atoms with Crippen molar-refractivity contribution in [2.75, 3.05) is 33.0 Å². The third kappa shape index (κ3) is 5.29. The number of halogens is 3. The first-order valence-corrected chi connectivity index (χ1v) is 8.82. The van der Waals surface area contributed by atoms with Crippen LogP contribution in [0.25, 0.3) is 0 Å². The number of methoxy groups -OCH3 is 1. The second-order valence-electron chi connectivity index (χ2n) is 5.84. The lowest BCUT2D eigenvalue weighted by Gasteiger charge is -2.22. The molecule has 1 aliphatic heterocycles. The zero-order valence-corrected chi connectivity index (χ0v) is 14.4. The van der Waals surface area contributed by atoms with Gasteiger partial charge in [-0.3, -0.25) is 4.90 Å². The van der Waals surface area contributed by atoms with Crippen LogP contribution in [0.15, 0.2) is 23.1 Å². The van der Waals surface area contributed by atoms with E-state index in [0.717, 1.165) is 22.6 Å². The number of benzene rings is 1. The molecular weight excluding hydrogens is 325 g/mol. The van der Waals surface area contributed by atoms with Gasteiger partial charge in [0.05, 0.1) is 13.7 Å². The molecule has 1 heterocycles. The quantitative estimate of drug-likeness (QED) is 0.792. The third-order valence-electron chi connectivity index (χ3n) is 4.07. The molecular formula is C16H23F3N2OS. The molecule has 0 radical (unpaired) electrons. The minimum absolute atomic E-state index is 0.0654. The van der Waals surface area contributed by atoms with Crippen LogP contribution in [0.5, 0.6) is 5.75 Å². The molecule has 1 N–H and O–H groups in total. The lowest BCUT2D eigenvalue weighted by Crippen LogP contribution is -2.37. The molecule has 1 fully saturated rings. The zero-order valence-electron chi connectivity index (χ0n) is 13.6. The van der Waals surface area contributed by atoms with Crippen molar-refractivity contribution < 1.29 is 17.9 Å². The molecule has 0 saturated carbocycles. The van der Waals surface area contributed by atoms with E-state index in [9.17, 15) is 13.2 Å². The second-order valence-corrected chi connectivity index (χ2v) is 6.69. The van der Waals surface area contributed by atoms with Gasteiger partial charge < -0.3 is 10.1 Å². The molecule has 7 heteroatoms. The minimum atomic E-state index is -4.12. The zero-order chi connectivity index (χ0) is 17.0. The first kappa shape index (κ1) is 18.4. The standard InChI is InChI=1S/C16H23F3N2OS/c1-11(12-4-5-15(23-3)14(8-12)22-2)20-13-6-7-21(9-13)10-16(17,18)19/h4-5,8,11,13,20H,6-7,9-10H2,1-3H3/t11-,13-/m0/s1. The van der Waals surface area contributed by atoms with E-state index in [1.165, 1.54) is 4.90 Å². The normalized spacial score (nSPS) is 20.7. The Morgan fingerprint density at radius 1 is 1.43 bits per heavy atom. The second kappa shape index (κ2) is 7.77. The molecule has 0 amide bonds. The van der Waals surface area contributed by atoms with Crippen molar-refractivity contribution >= 4 is 11.8 Å². The van der Waals surface area contributed by atoms with Crippen LogP contribution >= 0.6 is 11.8 Å². The van der Waals surface area contributed by atoms with Crippen molar-refractivity contribution in [2.24, 2.45) is 0 Å². The summed E-state index contributed by atoms with van der Waals surface area (Å²) in [6, 6.07) is 6.19. The van der Waals surface area contributed by atoms with Crippen molar-refractivity contribution in [3.05, 3.63) is 23.8 Å². The average Bonchev–Trinajstić information content (AvgIpc) is 2.91. The van der Waals surface area contributed by atoms with Gasteiger partial charge >= 0.3 is 6.18 Å². The summed E-state index contributed by atoms with van der Waals surface area (Å²) < 4.78 is 42.7. The maximum Gasteiger partial charge on any atom is 0.401 e. The van der Waals surface area contributed by atoms with Crippen LogP contribution < -0.4 is 10.1 Å². The highest BCUT2D eigenvalue weighted by atomic mass is 32.2. The van der Waals surface area contributed by atoms with E-state index in [-0.39, 0.29) is 12.1 Å². The molecule has 1 saturated heterocycles. The SMILES string of the molecule is COc1cc([C@H](C)N[C@H]2CCN(CC(F)(F)F)C2)ccc1SC. The van der Waals surface area contributed by atoms with Gasteiger partial charge in [0, 0.05) is 30.1 Å². The summed E-state index contributed by atoms with van der Waals surface area (Å²) in [5, 5.41) is 3.43. The van der Waals surface area contributed by atoms with Crippen LogP contribution in [-0.4, -0.2) is 50.1 Å². The van der Waals surface area contributed by atoms with E-state index in [0.29, 0.717) is 13.1 Å². The molecule has 1 aliphatic rings. The van der Waals surface area contributed by atoms with Gasteiger partial charge in [-0.2, -0.15) is 13.2 Å². The first-order chi connectivity index (χ1) is 10.8. The van der Waals surface area contributed by atoms with Gasteiger partial charge in [0.25, 0.3) is 0 Å². The summed E-state index contributed by atoms with van der Waals surface area (Å²) >= 11 is 1.62. The maximum absolute atomic E-state index is 12.4. The van der Waals surface area contributed by atoms with Crippen LogP contribution in [0, 0.1) is 0 Å². The predicted molar refractivity (Wildman–Crippen MR) is 87.2 cm³/mol.